The Bertz CT molecular complexity index is 3950. The molecule has 11 aromatic rings. The fraction of sp³-hybridized carbons (Fsp3) is 0.211. The van der Waals surface area contributed by atoms with Gasteiger partial charge >= 0.3 is 0 Å². The van der Waals surface area contributed by atoms with Gasteiger partial charge in [-0.1, -0.05) is 176 Å². The first-order valence-corrected chi connectivity index (χ1v) is 28.7. The molecule has 0 saturated carbocycles. The Balaban J connectivity index is 0.944. The van der Waals surface area contributed by atoms with Crippen LogP contribution in [-0.2, 0) is 45.9 Å². The molecule has 2 N–H and O–H groups in total. The summed E-state index contributed by atoms with van der Waals surface area (Å²) in [7, 11) is 6.66. The molecule has 11 rings (SSSR count). The monoisotopic (exact) mass is 1080 g/mol. The van der Waals surface area contributed by atoms with Crippen molar-refractivity contribution in [3.8, 4) is 50.6 Å². The molecule has 0 unspecified atom stereocenters. The number of aromatic hydroxyl groups is 2. The number of aryl methyl sites for hydroxylation is 6. The standard InChI is InChI=1S/C76H75N3O3/c1-49-33-52(4)71(68(80)36-49)74-62(30-27-59-21-13-16-24-65(59)74)45-77(7)42-56-39-57(43-78(8)46-63-31-28-60-22-14-17-25-66(60)75(63)72-53(5)34-50(2)37-69(72)81)41-58(40-56)44-79(9)47-64-32-29-61-23-15-18-26-67(61)76(64)73-54(6)35-51(3)38-70(73)82-48-55-19-11-10-12-20-55/h10-41,80-81H,42-48H2,1-9H3. The lowest BCUT2D eigenvalue weighted by atomic mass is 9.89. The van der Waals surface area contributed by atoms with Crippen molar-refractivity contribution in [1.82, 2.24) is 14.7 Å². The number of phenols is 2. The number of nitrogens with zero attached hydrogens (tertiary/aromatic N) is 3. The van der Waals surface area contributed by atoms with Gasteiger partial charge in [0.05, 0.1) is 0 Å². The molecule has 6 nitrogen and oxygen atoms in total. The van der Waals surface area contributed by atoms with E-state index in [2.05, 4.69) is 239 Å². The van der Waals surface area contributed by atoms with Gasteiger partial charge in [0.15, 0.2) is 0 Å². The van der Waals surface area contributed by atoms with Crippen LogP contribution in [0.15, 0.2) is 194 Å². The Labute approximate surface area is 485 Å². The summed E-state index contributed by atoms with van der Waals surface area (Å²) < 4.78 is 6.79. The van der Waals surface area contributed by atoms with E-state index in [0.29, 0.717) is 44.3 Å². The highest BCUT2D eigenvalue weighted by molar-refractivity contribution is 6.03. The summed E-state index contributed by atoms with van der Waals surface area (Å²) in [5.41, 5.74) is 21.3. The third kappa shape index (κ3) is 11.9. The number of hydrogen-bond donors (Lipinski definition) is 2. The fourth-order valence-electron chi connectivity index (χ4n) is 13.0. The summed E-state index contributed by atoms with van der Waals surface area (Å²) in [6.07, 6.45) is 0. The lowest BCUT2D eigenvalue weighted by Crippen LogP contribution is -2.21. The van der Waals surface area contributed by atoms with Crippen LogP contribution in [0.5, 0.6) is 17.2 Å². The minimum Gasteiger partial charge on any atom is -0.507 e. The molecule has 0 saturated heterocycles. The summed E-state index contributed by atoms with van der Waals surface area (Å²) in [6.45, 7) is 17.4. The molecule has 0 bridgehead atoms. The molecular formula is C76H75N3O3. The summed E-state index contributed by atoms with van der Waals surface area (Å²) in [6, 6.07) is 69.5. The topological polar surface area (TPSA) is 59.4 Å². The quantitative estimate of drug-likeness (QED) is 0.0893. The second-order valence-corrected chi connectivity index (χ2v) is 23.3. The number of ether oxygens (including phenoxy) is 1. The van der Waals surface area contributed by atoms with E-state index in [1.54, 1.807) is 0 Å². The Morgan fingerprint density at radius 2 is 0.659 bits per heavy atom. The van der Waals surface area contributed by atoms with Gasteiger partial charge in [-0.3, -0.25) is 14.7 Å². The first kappa shape index (κ1) is 55.4. The van der Waals surface area contributed by atoms with E-state index in [1.165, 1.54) is 60.8 Å². The van der Waals surface area contributed by atoms with E-state index in [1.807, 2.05) is 32.0 Å². The maximum absolute atomic E-state index is 11.6. The number of hydrogen-bond acceptors (Lipinski definition) is 6. The van der Waals surface area contributed by atoms with Crippen molar-refractivity contribution < 1.29 is 14.9 Å². The van der Waals surface area contributed by atoms with Crippen LogP contribution in [0, 0.1) is 41.5 Å². The highest BCUT2D eigenvalue weighted by atomic mass is 16.5. The first-order valence-electron chi connectivity index (χ1n) is 28.7. The van der Waals surface area contributed by atoms with E-state index in [0.717, 1.165) is 96.0 Å². The van der Waals surface area contributed by atoms with E-state index < -0.39 is 0 Å². The predicted octanol–water partition coefficient (Wildman–Crippen LogP) is 17.9. The normalized spacial score (nSPS) is 11.8. The molecule has 0 radical (unpaired) electrons. The third-order valence-corrected chi connectivity index (χ3v) is 16.2. The number of benzene rings is 11. The van der Waals surface area contributed by atoms with E-state index in [4.69, 9.17) is 4.74 Å². The summed E-state index contributed by atoms with van der Waals surface area (Å²) in [5, 5.41) is 30.2. The van der Waals surface area contributed by atoms with Crippen LogP contribution in [0.4, 0.5) is 0 Å². The van der Waals surface area contributed by atoms with Crippen LogP contribution in [0.3, 0.4) is 0 Å². The van der Waals surface area contributed by atoms with Crippen LogP contribution >= 0.6 is 0 Å². The van der Waals surface area contributed by atoms with Crippen LogP contribution in [0.2, 0.25) is 0 Å². The Morgan fingerprint density at radius 3 is 1.05 bits per heavy atom. The summed E-state index contributed by atoms with van der Waals surface area (Å²) in [5.74, 6) is 1.52. The van der Waals surface area contributed by atoms with Crippen molar-refractivity contribution in [3.05, 3.63) is 266 Å². The molecule has 82 heavy (non-hydrogen) atoms. The second kappa shape index (κ2) is 23.9. The maximum Gasteiger partial charge on any atom is 0.128 e. The number of fused-ring (bicyclic) bond motifs is 3. The van der Waals surface area contributed by atoms with Gasteiger partial charge < -0.3 is 14.9 Å². The van der Waals surface area contributed by atoms with Crippen LogP contribution in [0.25, 0.3) is 65.7 Å². The van der Waals surface area contributed by atoms with Gasteiger partial charge in [0, 0.05) is 56.0 Å². The van der Waals surface area contributed by atoms with Gasteiger partial charge in [-0.15, -0.1) is 0 Å². The largest absolute Gasteiger partial charge is 0.507 e. The van der Waals surface area contributed by atoms with E-state index in [-0.39, 0.29) is 0 Å². The average molecular weight is 1080 g/mol. The van der Waals surface area contributed by atoms with Gasteiger partial charge in [-0.2, -0.15) is 0 Å². The zero-order chi connectivity index (χ0) is 57.2. The molecular weight excluding hydrogens is 1000 g/mol. The van der Waals surface area contributed by atoms with E-state index >= 15 is 0 Å². The summed E-state index contributed by atoms with van der Waals surface area (Å²) in [4.78, 5) is 7.27. The fourth-order valence-corrected chi connectivity index (χ4v) is 13.0. The predicted molar refractivity (Wildman–Crippen MR) is 343 cm³/mol. The second-order valence-electron chi connectivity index (χ2n) is 23.3. The molecule has 0 atom stereocenters. The highest BCUT2D eigenvalue weighted by Gasteiger charge is 2.23. The van der Waals surface area contributed by atoms with Crippen molar-refractivity contribution in [2.45, 2.75) is 87.4 Å². The zero-order valence-electron chi connectivity index (χ0n) is 49.1. The van der Waals surface area contributed by atoms with Crippen molar-refractivity contribution in [2.75, 3.05) is 21.1 Å². The van der Waals surface area contributed by atoms with Crippen LogP contribution in [0.1, 0.15) is 72.3 Å². The van der Waals surface area contributed by atoms with Crippen molar-refractivity contribution >= 4 is 32.3 Å². The SMILES string of the molecule is Cc1cc(C)c(-c2c(CN(C)Cc3cc(CN(C)Cc4ccc5ccccc5c4-c4c(C)cc(C)cc4O)cc(CN(C)Cc4ccc5ccccc5c4-c4c(C)cc(C)cc4OCc4ccccc4)c3)ccc3ccccc23)c(O)c1. The Kier molecular flexibility index (Phi) is 16.1. The smallest absolute Gasteiger partial charge is 0.128 e. The first-order chi connectivity index (χ1) is 39.6. The van der Waals surface area contributed by atoms with E-state index in [9.17, 15) is 10.2 Å². The van der Waals surface area contributed by atoms with Gasteiger partial charge in [-0.25, -0.2) is 0 Å². The molecule has 0 fully saturated rings. The molecule has 0 aliphatic rings. The molecule has 0 heterocycles. The lowest BCUT2D eigenvalue weighted by Gasteiger charge is -2.25. The molecule has 11 aromatic carbocycles. The lowest BCUT2D eigenvalue weighted by molar-refractivity contribution is 0.306. The van der Waals surface area contributed by atoms with Gasteiger partial charge in [0.2, 0.25) is 0 Å². The minimum atomic E-state index is 0.312. The van der Waals surface area contributed by atoms with Crippen molar-refractivity contribution in [1.29, 1.82) is 0 Å². The zero-order valence-corrected chi connectivity index (χ0v) is 49.1. The van der Waals surface area contributed by atoms with Crippen LogP contribution < -0.4 is 4.74 Å². The molecule has 0 aliphatic carbocycles. The van der Waals surface area contributed by atoms with Crippen molar-refractivity contribution in [3.63, 3.8) is 0 Å². The molecule has 0 spiro atoms. The Hall–Kier alpha value is -8.52. The average Bonchev–Trinajstić information content (AvgIpc) is 3.18. The molecule has 6 heteroatoms. The Morgan fingerprint density at radius 1 is 0.317 bits per heavy atom. The minimum absolute atomic E-state index is 0.312. The number of rotatable bonds is 18. The highest BCUT2D eigenvalue weighted by Crippen LogP contribution is 2.44. The van der Waals surface area contributed by atoms with Gasteiger partial charge in [0.25, 0.3) is 0 Å². The van der Waals surface area contributed by atoms with Gasteiger partial charge in [-0.05, 0) is 202 Å². The number of phenolic OH excluding ortho intramolecular Hbond substituents is 2. The van der Waals surface area contributed by atoms with Gasteiger partial charge in [0.1, 0.15) is 23.9 Å². The van der Waals surface area contributed by atoms with Crippen LogP contribution in [-0.4, -0.2) is 46.1 Å². The summed E-state index contributed by atoms with van der Waals surface area (Å²) >= 11 is 0. The molecule has 0 amide bonds. The maximum atomic E-state index is 11.6. The van der Waals surface area contributed by atoms with Crippen molar-refractivity contribution in [2.24, 2.45) is 0 Å². The third-order valence-electron chi connectivity index (χ3n) is 16.2. The molecule has 412 valence electrons. The molecule has 0 aromatic heterocycles. The molecule has 0 aliphatic heterocycles.